The summed E-state index contributed by atoms with van der Waals surface area (Å²) in [6.45, 7) is 1.14. The summed E-state index contributed by atoms with van der Waals surface area (Å²) < 4.78 is 10.8. The van der Waals surface area contributed by atoms with Crippen molar-refractivity contribution in [3.8, 4) is 11.5 Å². The normalized spacial score (nSPS) is 18.1. The van der Waals surface area contributed by atoms with Crippen molar-refractivity contribution in [2.45, 2.75) is 12.3 Å². The highest BCUT2D eigenvalue weighted by Gasteiger charge is 2.20. The SMILES string of the molecule is NCC1CCOc2cc(OCC(N)=O)ccc21. The molecule has 0 radical (unpaired) electrons. The lowest BCUT2D eigenvalue weighted by atomic mass is 9.93. The minimum absolute atomic E-state index is 0.126. The first kappa shape index (κ1) is 11.7. The minimum atomic E-state index is -0.497. The molecule has 17 heavy (non-hydrogen) atoms. The Labute approximate surface area is 99.7 Å². The Balaban J connectivity index is 2.16. The fraction of sp³-hybridized carbons (Fsp3) is 0.417. The van der Waals surface area contributed by atoms with E-state index in [1.54, 1.807) is 12.1 Å². The summed E-state index contributed by atoms with van der Waals surface area (Å²) in [5, 5.41) is 0. The van der Waals surface area contributed by atoms with Crippen LogP contribution < -0.4 is 20.9 Å². The third-order valence-electron chi connectivity index (χ3n) is 2.81. The minimum Gasteiger partial charge on any atom is -0.493 e. The number of hydrogen-bond acceptors (Lipinski definition) is 4. The molecule has 5 heteroatoms. The lowest BCUT2D eigenvalue weighted by Gasteiger charge is -2.25. The van der Waals surface area contributed by atoms with Crippen LogP contribution in [0.2, 0.25) is 0 Å². The molecule has 1 aromatic rings. The molecule has 0 saturated heterocycles. The molecular formula is C12H16N2O3. The summed E-state index contributed by atoms with van der Waals surface area (Å²) in [4.78, 5) is 10.6. The smallest absolute Gasteiger partial charge is 0.255 e. The fourth-order valence-corrected chi connectivity index (χ4v) is 1.93. The number of benzene rings is 1. The molecule has 1 heterocycles. The van der Waals surface area contributed by atoms with Crippen molar-refractivity contribution in [1.29, 1.82) is 0 Å². The maximum Gasteiger partial charge on any atom is 0.255 e. The first-order valence-corrected chi connectivity index (χ1v) is 5.58. The molecule has 0 aromatic heterocycles. The van der Waals surface area contributed by atoms with Crippen LogP contribution in [0.4, 0.5) is 0 Å². The summed E-state index contributed by atoms with van der Waals surface area (Å²) in [5.41, 5.74) is 11.8. The third kappa shape index (κ3) is 2.68. The Kier molecular flexibility index (Phi) is 3.49. The molecule has 1 aliphatic rings. The summed E-state index contributed by atoms with van der Waals surface area (Å²) in [6, 6.07) is 5.52. The molecule has 0 fully saturated rings. The van der Waals surface area contributed by atoms with Crippen LogP contribution in [0.15, 0.2) is 18.2 Å². The van der Waals surface area contributed by atoms with E-state index < -0.39 is 5.91 Å². The van der Waals surface area contributed by atoms with Crippen molar-refractivity contribution in [3.63, 3.8) is 0 Å². The van der Waals surface area contributed by atoms with Crippen molar-refractivity contribution < 1.29 is 14.3 Å². The van der Waals surface area contributed by atoms with E-state index in [0.717, 1.165) is 17.7 Å². The van der Waals surface area contributed by atoms with Gasteiger partial charge in [-0.1, -0.05) is 6.07 Å². The summed E-state index contributed by atoms with van der Waals surface area (Å²) in [7, 11) is 0. The quantitative estimate of drug-likeness (QED) is 0.791. The highest BCUT2D eigenvalue weighted by Crippen LogP contribution is 2.35. The zero-order valence-corrected chi connectivity index (χ0v) is 9.52. The maximum atomic E-state index is 10.6. The van der Waals surface area contributed by atoms with E-state index in [9.17, 15) is 4.79 Å². The Morgan fingerprint density at radius 3 is 3.06 bits per heavy atom. The Bertz CT molecular complexity index is 420. The number of amides is 1. The molecule has 2 rings (SSSR count). The number of nitrogens with two attached hydrogens (primary N) is 2. The van der Waals surface area contributed by atoms with Crippen LogP contribution in [0.5, 0.6) is 11.5 Å². The Morgan fingerprint density at radius 1 is 1.53 bits per heavy atom. The zero-order chi connectivity index (χ0) is 12.3. The van der Waals surface area contributed by atoms with Gasteiger partial charge in [0.05, 0.1) is 6.61 Å². The van der Waals surface area contributed by atoms with Crippen molar-refractivity contribution in [2.24, 2.45) is 11.5 Å². The number of carbonyl (C=O) groups excluding carboxylic acids is 1. The largest absolute Gasteiger partial charge is 0.493 e. The second-order valence-corrected chi connectivity index (χ2v) is 4.02. The molecule has 0 spiro atoms. The molecule has 92 valence electrons. The Hall–Kier alpha value is -1.75. The van der Waals surface area contributed by atoms with E-state index in [0.29, 0.717) is 24.8 Å². The van der Waals surface area contributed by atoms with Crippen molar-refractivity contribution in [1.82, 2.24) is 0 Å². The summed E-state index contributed by atoms with van der Waals surface area (Å²) in [5.74, 6) is 1.21. The number of hydrogen-bond donors (Lipinski definition) is 2. The number of ether oxygens (including phenoxy) is 2. The number of primary amides is 1. The summed E-state index contributed by atoms with van der Waals surface area (Å²) >= 11 is 0. The van der Waals surface area contributed by atoms with E-state index in [1.165, 1.54) is 0 Å². The van der Waals surface area contributed by atoms with Gasteiger partial charge in [-0.25, -0.2) is 0 Å². The van der Waals surface area contributed by atoms with Crippen LogP contribution in [0.3, 0.4) is 0 Å². The molecule has 1 aliphatic heterocycles. The average molecular weight is 236 g/mol. The predicted molar refractivity (Wildman–Crippen MR) is 63.0 cm³/mol. The van der Waals surface area contributed by atoms with Gasteiger partial charge >= 0.3 is 0 Å². The first-order valence-electron chi connectivity index (χ1n) is 5.58. The van der Waals surface area contributed by atoms with Crippen molar-refractivity contribution in [2.75, 3.05) is 19.8 Å². The van der Waals surface area contributed by atoms with Crippen LogP contribution in [0.25, 0.3) is 0 Å². The van der Waals surface area contributed by atoms with Gasteiger partial charge in [0.25, 0.3) is 5.91 Å². The molecule has 5 nitrogen and oxygen atoms in total. The monoisotopic (exact) mass is 236 g/mol. The van der Waals surface area contributed by atoms with Gasteiger partial charge in [0.15, 0.2) is 6.61 Å². The topological polar surface area (TPSA) is 87.6 Å². The van der Waals surface area contributed by atoms with Crippen LogP contribution >= 0.6 is 0 Å². The second-order valence-electron chi connectivity index (χ2n) is 4.02. The highest BCUT2D eigenvalue weighted by molar-refractivity contribution is 5.75. The standard InChI is InChI=1S/C12H16N2O3/c13-6-8-3-4-16-11-5-9(1-2-10(8)11)17-7-12(14)15/h1-2,5,8H,3-4,6-7,13H2,(H2,14,15). The fourth-order valence-electron chi connectivity index (χ4n) is 1.93. The van der Waals surface area contributed by atoms with Gasteiger partial charge in [0, 0.05) is 12.0 Å². The summed E-state index contributed by atoms with van der Waals surface area (Å²) in [6.07, 6.45) is 0.936. The molecule has 1 aromatic carbocycles. The molecule has 1 amide bonds. The number of fused-ring (bicyclic) bond motifs is 1. The zero-order valence-electron chi connectivity index (χ0n) is 9.52. The lowest BCUT2D eigenvalue weighted by Crippen LogP contribution is -2.22. The molecule has 0 aliphatic carbocycles. The van der Waals surface area contributed by atoms with Gasteiger partial charge in [0.1, 0.15) is 11.5 Å². The molecule has 1 unspecified atom stereocenters. The van der Waals surface area contributed by atoms with Crippen LogP contribution in [-0.4, -0.2) is 25.7 Å². The van der Waals surface area contributed by atoms with E-state index in [1.807, 2.05) is 6.07 Å². The Morgan fingerprint density at radius 2 is 2.35 bits per heavy atom. The average Bonchev–Trinajstić information content (AvgIpc) is 2.35. The third-order valence-corrected chi connectivity index (χ3v) is 2.81. The predicted octanol–water partition coefficient (Wildman–Crippen LogP) is 0.376. The maximum absolute atomic E-state index is 10.6. The molecule has 4 N–H and O–H groups in total. The first-order chi connectivity index (χ1) is 8.20. The van der Waals surface area contributed by atoms with Gasteiger partial charge in [-0.05, 0) is 24.6 Å². The van der Waals surface area contributed by atoms with Gasteiger partial charge in [-0.15, -0.1) is 0 Å². The van der Waals surface area contributed by atoms with E-state index >= 15 is 0 Å². The molecule has 0 saturated carbocycles. The van der Waals surface area contributed by atoms with Crippen LogP contribution in [0, 0.1) is 0 Å². The van der Waals surface area contributed by atoms with Gasteiger partial charge in [-0.3, -0.25) is 4.79 Å². The lowest BCUT2D eigenvalue weighted by molar-refractivity contribution is -0.119. The van der Waals surface area contributed by atoms with Gasteiger partial charge in [0.2, 0.25) is 0 Å². The molecular weight excluding hydrogens is 220 g/mol. The van der Waals surface area contributed by atoms with Crippen LogP contribution in [0.1, 0.15) is 17.9 Å². The van der Waals surface area contributed by atoms with Crippen molar-refractivity contribution >= 4 is 5.91 Å². The van der Waals surface area contributed by atoms with E-state index in [4.69, 9.17) is 20.9 Å². The second kappa shape index (κ2) is 5.05. The highest BCUT2D eigenvalue weighted by atomic mass is 16.5. The number of carbonyl (C=O) groups is 1. The van der Waals surface area contributed by atoms with Gasteiger partial charge in [-0.2, -0.15) is 0 Å². The molecule has 0 bridgehead atoms. The number of rotatable bonds is 4. The molecule has 1 atom stereocenters. The van der Waals surface area contributed by atoms with Crippen molar-refractivity contribution in [3.05, 3.63) is 23.8 Å². The van der Waals surface area contributed by atoms with Crippen LogP contribution in [-0.2, 0) is 4.79 Å². The van der Waals surface area contributed by atoms with Gasteiger partial charge < -0.3 is 20.9 Å². The van der Waals surface area contributed by atoms with E-state index in [-0.39, 0.29) is 6.61 Å². The van der Waals surface area contributed by atoms with E-state index in [2.05, 4.69) is 0 Å².